The molecular formula is C11H16ClN5O4S. The van der Waals surface area contributed by atoms with Crippen molar-refractivity contribution in [3.8, 4) is 0 Å². The number of halogens is 1. The van der Waals surface area contributed by atoms with Crippen molar-refractivity contribution in [3.05, 3.63) is 20.7 Å². The van der Waals surface area contributed by atoms with Crippen LogP contribution in [0.25, 0.3) is 10.4 Å². The second kappa shape index (κ2) is 7.05. The maximum Gasteiger partial charge on any atom is 0.234 e. The molecular weight excluding hydrogens is 334 g/mol. The first-order valence-electron chi connectivity index (χ1n) is 6.47. The molecule has 2 rings (SSSR count). The van der Waals surface area contributed by atoms with Gasteiger partial charge in [0.2, 0.25) is 5.28 Å². The molecule has 0 spiro atoms. The fraction of sp³-hybridized carbons (Fsp3) is 0.818. The molecule has 22 heavy (non-hydrogen) atoms. The number of rotatable bonds is 5. The lowest BCUT2D eigenvalue weighted by molar-refractivity contribution is -0.305. The molecule has 0 aromatic carbocycles. The molecule has 1 fully saturated rings. The first kappa shape index (κ1) is 17.4. The highest BCUT2D eigenvalue weighted by molar-refractivity contribution is 7.05. The van der Waals surface area contributed by atoms with Gasteiger partial charge in [0.25, 0.3) is 0 Å². The standard InChI is InChI=1S/C11H16ClN5O4S/c1-11(4-14-17-13)8(19)7(18)5(9(20-2)21-11)3-6-15-10(12)16-22-6/h5,7-9,18-19H,3-4H2,1-2H3/t5?,7-,8-,9+,11-/m1/s1. The zero-order chi connectivity index (χ0) is 16.3. The Hall–Kier alpha value is -1.00. The van der Waals surface area contributed by atoms with Crippen LogP contribution in [0.3, 0.4) is 0 Å². The molecule has 11 heteroatoms. The van der Waals surface area contributed by atoms with Crippen molar-refractivity contribution >= 4 is 23.1 Å². The van der Waals surface area contributed by atoms with E-state index >= 15 is 0 Å². The van der Waals surface area contributed by atoms with E-state index in [0.717, 1.165) is 11.5 Å². The molecule has 1 aliphatic heterocycles. The van der Waals surface area contributed by atoms with Gasteiger partial charge in [-0.3, -0.25) is 0 Å². The van der Waals surface area contributed by atoms with Gasteiger partial charge in [0.05, 0.1) is 12.6 Å². The Kier molecular flexibility index (Phi) is 5.56. The number of nitrogens with zero attached hydrogens (tertiary/aromatic N) is 5. The van der Waals surface area contributed by atoms with Gasteiger partial charge in [0, 0.05) is 24.4 Å². The van der Waals surface area contributed by atoms with Crippen LogP contribution in [0.15, 0.2) is 5.11 Å². The summed E-state index contributed by atoms with van der Waals surface area (Å²) in [7, 11) is 1.43. The van der Waals surface area contributed by atoms with E-state index in [-0.39, 0.29) is 11.8 Å². The van der Waals surface area contributed by atoms with Gasteiger partial charge in [-0.1, -0.05) is 5.11 Å². The molecule has 5 atom stereocenters. The van der Waals surface area contributed by atoms with Gasteiger partial charge >= 0.3 is 0 Å². The Labute approximate surface area is 135 Å². The molecule has 1 aromatic rings. The molecule has 0 aliphatic carbocycles. The van der Waals surface area contributed by atoms with Crippen molar-refractivity contribution < 1.29 is 19.7 Å². The van der Waals surface area contributed by atoms with E-state index < -0.39 is 30.0 Å². The summed E-state index contributed by atoms with van der Waals surface area (Å²) in [6, 6.07) is 0. The fourth-order valence-corrected chi connectivity index (χ4v) is 3.31. The summed E-state index contributed by atoms with van der Waals surface area (Å²) in [4.78, 5) is 6.68. The van der Waals surface area contributed by atoms with E-state index in [4.69, 9.17) is 26.6 Å². The van der Waals surface area contributed by atoms with Crippen LogP contribution in [0.5, 0.6) is 0 Å². The molecule has 2 heterocycles. The average Bonchev–Trinajstić information content (AvgIpc) is 2.91. The van der Waals surface area contributed by atoms with Gasteiger partial charge in [-0.2, -0.15) is 4.37 Å². The molecule has 1 unspecified atom stereocenters. The second-order valence-corrected chi connectivity index (χ2v) is 6.36. The Morgan fingerprint density at radius 3 is 2.86 bits per heavy atom. The summed E-state index contributed by atoms with van der Waals surface area (Å²) < 4.78 is 14.9. The van der Waals surface area contributed by atoms with Crippen LogP contribution in [0.2, 0.25) is 5.28 Å². The van der Waals surface area contributed by atoms with Crippen LogP contribution in [0, 0.1) is 5.92 Å². The van der Waals surface area contributed by atoms with Crippen LogP contribution in [0.4, 0.5) is 0 Å². The molecule has 0 radical (unpaired) electrons. The minimum absolute atomic E-state index is 0.126. The maximum absolute atomic E-state index is 10.4. The van der Waals surface area contributed by atoms with Gasteiger partial charge in [-0.05, 0) is 35.6 Å². The van der Waals surface area contributed by atoms with Gasteiger partial charge in [-0.15, -0.1) is 0 Å². The lowest BCUT2D eigenvalue weighted by atomic mass is 9.82. The Bertz CT molecular complexity index is 566. The van der Waals surface area contributed by atoms with Gasteiger partial charge in [0.15, 0.2) is 6.29 Å². The Balaban J connectivity index is 2.20. The van der Waals surface area contributed by atoms with Crippen molar-refractivity contribution in [2.45, 2.75) is 37.4 Å². The Morgan fingerprint density at radius 1 is 1.59 bits per heavy atom. The van der Waals surface area contributed by atoms with Crippen LogP contribution < -0.4 is 0 Å². The quantitative estimate of drug-likeness (QED) is 0.465. The third kappa shape index (κ3) is 3.49. The number of aromatic nitrogens is 2. The number of methoxy groups -OCH3 is 1. The highest BCUT2D eigenvalue weighted by atomic mass is 35.5. The van der Waals surface area contributed by atoms with Crippen molar-refractivity contribution in [2.24, 2.45) is 11.0 Å². The summed E-state index contributed by atoms with van der Waals surface area (Å²) in [5.41, 5.74) is 7.20. The van der Waals surface area contributed by atoms with Crippen molar-refractivity contribution in [1.82, 2.24) is 9.36 Å². The van der Waals surface area contributed by atoms with E-state index in [0.29, 0.717) is 11.4 Å². The molecule has 1 aliphatic rings. The molecule has 0 bridgehead atoms. The number of hydrogen-bond acceptors (Lipinski definition) is 8. The normalized spacial score (nSPS) is 35.1. The molecule has 0 saturated carbocycles. The maximum atomic E-state index is 10.4. The van der Waals surface area contributed by atoms with Crippen molar-refractivity contribution in [2.75, 3.05) is 13.7 Å². The third-order valence-electron chi connectivity index (χ3n) is 3.66. The number of aliphatic hydroxyl groups excluding tert-OH is 2. The van der Waals surface area contributed by atoms with Crippen LogP contribution in [0.1, 0.15) is 11.9 Å². The van der Waals surface area contributed by atoms with E-state index in [1.54, 1.807) is 6.92 Å². The fourth-order valence-electron chi connectivity index (χ4n) is 2.44. The van der Waals surface area contributed by atoms with Crippen molar-refractivity contribution in [3.63, 3.8) is 0 Å². The largest absolute Gasteiger partial charge is 0.390 e. The van der Waals surface area contributed by atoms with Crippen LogP contribution in [-0.2, 0) is 15.9 Å². The first-order chi connectivity index (χ1) is 10.4. The number of azide groups is 1. The zero-order valence-corrected chi connectivity index (χ0v) is 13.5. The second-order valence-electron chi connectivity index (χ2n) is 5.18. The first-order valence-corrected chi connectivity index (χ1v) is 7.62. The van der Waals surface area contributed by atoms with Crippen LogP contribution >= 0.6 is 23.1 Å². The summed E-state index contributed by atoms with van der Waals surface area (Å²) in [5, 5.41) is 24.9. The highest BCUT2D eigenvalue weighted by Crippen LogP contribution is 2.36. The molecule has 9 nitrogen and oxygen atoms in total. The molecule has 122 valence electrons. The Morgan fingerprint density at radius 2 is 2.32 bits per heavy atom. The predicted octanol–water partition coefficient (Wildman–Crippen LogP) is 1.14. The topological polar surface area (TPSA) is 133 Å². The third-order valence-corrected chi connectivity index (χ3v) is 4.66. The van der Waals surface area contributed by atoms with E-state index in [2.05, 4.69) is 19.4 Å². The number of aliphatic hydroxyl groups is 2. The minimum atomic E-state index is -1.24. The van der Waals surface area contributed by atoms with E-state index in [1.165, 1.54) is 7.11 Å². The lowest BCUT2D eigenvalue weighted by Gasteiger charge is -2.47. The minimum Gasteiger partial charge on any atom is -0.390 e. The number of ether oxygens (including phenoxy) is 2. The summed E-state index contributed by atoms with van der Waals surface area (Å²) >= 11 is 6.79. The smallest absolute Gasteiger partial charge is 0.234 e. The molecule has 1 saturated heterocycles. The van der Waals surface area contributed by atoms with E-state index in [1.807, 2.05) is 0 Å². The summed E-state index contributed by atoms with van der Waals surface area (Å²) in [6.07, 6.45) is -2.88. The molecule has 0 amide bonds. The zero-order valence-electron chi connectivity index (χ0n) is 12.0. The highest BCUT2D eigenvalue weighted by Gasteiger charge is 2.51. The SMILES string of the molecule is CO[C@H]1O[C@](C)(CN=[N+]=[N-])[C@H](O)[C@H](O)C1Cc1nc(Cl)ns1. The monoisotopic (exact) mass is 349 g/mol. The van der Waals surface area contributed by atoms with Gasteiger partial charge in [0.1, 0.15) is 16.7 Å². The summed E-state index contributed by atoms with van der Waals surface area (Å²) in [5.74, 6) is -0.553. The average molecular weight is 350 g/mol. The molecule has 1 aromatic heterocycles. The van der Waals surface area contributed by atoms with Crippen LogP contribution in [-0.4, -0.2) is 57.3 Å². The van der Waals surface area contributed by atoms with Gasteiger partial charge < -0.3 is 19.7 Å². The number of hydrogen-bond donors (Lipinski definition) is 2. The predicted molar refractivity (Wildman–Crippen MR) is 78.4 cm³/mol. The molecule has 2 N–H and O–H groups in total. The summed E-state index contributed by atoms with van der Waals surface area (Å²) in [6.45, 7) is 1.43. The van der Waals surface area contributed by atoms with Crippen molar-refractivity contribution in [1.29, 1.82) is 0 Å². The van der Waals surface area contributed by atoms with E-state index in [9.17, 15) is 10.2 Å². The van der Waals surface area contributed by atoms with Gasteiger partial charge in [-0.25, -0.2) is 4.98 Å². The lowest BCUT2D eigenvalue weighted by Crippen LogP contribution is -2.62.